The molecule has 2 unspecified atom stereocenters. The number of carbonyl (C=O) groups excluding carboxylic acids is 1. The van der Waals surface area contributed by atoms with Crippen molar-refractivity contribution in [2.45, 2.75) is 44.0 Å². The maximum Gasteiger partial charge on any atom is 0.411 e. The Kier molecular flexibility index (Phi) is 5.20. The van der Waals surface area contributed by atoms with Gasteiger partial charge in [0.25, 0.3) is 0 Å². The van der Waals surface area contributed by atoms with E-state index in [0.29, 0.717) is 12.8 Å². The number of halogens is 3. The third-order valence-electron chi connectivity index (χ3n) is 2.57. The SMILES string of the molecule is O=C(COCC(F)(F)F)NC1CCCCC1O. The number of ether oxygens (including phenoxy) is 1. The zero-order chi connectivity index (χ0) is 12.9. The van der Waals surface area contributed by atoms with Gasteiger partial charge in [-0.15, -0.1) is 0 Å². The van der Waals surface area contributed by atoms with Crippen LogP contribution in [-0.4, -0.2) is 42.5 Å². The van der Waals surface area contributed by atoms with Crippen molar-refractivity contribution < 1.29 is 27.8 Å². The number of hydrogen-bond acceptors (Lipinski definition) is 3. The fraction of sp³-hybridized carbons (Fsp3) is 0.900. The zero-order valence-electron chi connectivity index (χ0n) is 9.29. The fourth-order valence-corrected chi connectivity index (χ4v) is 1.79. The van der Waals surface area contributed by atoms with E-state index in [4.69, 9.17) is 0 Å². The van der Waals surface area contributed by atoms with Gasteiger partial charge in [0, 0.05) is 0 Å². The van der Waals surface area contributed by atoms with Crippen LogP contribution in [0.4, 0.5) is 13.2 Å². The molecule has 1 aliphatic carbocycles. The van der Waals surface area contributed by atoms with Crippen molar-refractivity contribution in [3.8, 4) is 0 Å². The number of alkyl halides is 3. The normalized spacial score (nSPS) is 25.6. The van der Waals surface area contributed by atoms with Crippen LogP contribution < -0.4 is 5.32 Å². The third kappa shape index (κ3) is 5.88. The van der Waals surface area contributed by atoms with E-state index in [2.05, 4.69) is 10.1 Å². The Balaban J connectivity index is 2.20. The molecule has 7 heteroatoms. The summed E-state index contributed by atoms with van der Waals surface area (Å²) in [6, 6.07) is -0.370. The first-order valence-electron chi connectivity index (χ1n) is 5.50. The van der Waals surface area contributed by atoms with Crippen molar-refractivity contribution >= 4 is 5.91 Å². The predicted octanol–water partition coefficient (Wildman–Crippen LogP) is 0.985. The maximum atomic E-state index is 11.7. The van der Waals surface area contributed by atoms with E-state index < -0.39 is 31.4 Å². The van der Waals surface area contributed by atoms with Gasteiger partial charge >= 0.3 is 6.18 Å². The van der Waals surface area contributed by atoms with Crippen LogP contribution in [0.2, 0.25) is 0 Å². The Morgan fingerprint density at radius 1 is 1.35 bits per heavy atom. The monoisotopic (exact) mass is 255 g/mol. The van der Waals surface area contributed by atoms with E-state index in [1.54, 1.807) is 0 Å². The molecule has 0 spiro atoms. The molecule has 0 aliphatic heterocycles. The molecule has 0 heterocycles. The molecule has 1 aliphatic rings. The minimum absolute atomic E-state index is 0.370. The summed E-state index contributed by atoms with van der Waals surface area (Å²) in [6.07, 6.45) is -2.00. The smallest absolute Gasteiger partial charge is 0.391 e. The number of rotatable bonds is 4. The Bertz CT molecular complexity index is 258. The standard InChI is InChI=1S/C10H16F3NO3/c11-10(12,13)6-17-5-9(16)14-7-3-1-2-4-8(7)15/h7-8,15H,1-6H2,(H,14,16). The summed E-state index contributed by atoms with van der Waals surface area (Å²) in [4.78, 5) is 11.2. The highest BCUT2D eigenvalue weighted by Crippen LogP contribution is 2.18. The number of hydrogen-bond donors (Lipinski definition) is 2. The molecule has 100 valence electrons. The Labute approximate surface area is 97.1 Å². The zero-order valence-corrected chi connectivity index (χ0v) is 9.29. The van der Waals surface area contributed by atoms with Gasteiger partial charge in [-0.3, -0.25) is 4.79 Å². The molecule has 0 aromatic rings. The summed E-state index contributed by atoms with van der Waals surface area (Å²) >= 11 is 0. The molecule has 1 rings (SSSR count). The van der Waals surface area contributed by atoms with Crippen molar-refractivity contribution in [1.29, 1.82) is 0 Å². The van der Waals surface area contributed by atoms with Gasteiger partial charge in [0.1, 0.15) is 13.2 Å². The van der Waals surface area contributed by atoms with Crippen LogP contribution >= 0.6 is 0 Å². The van der Waals surface area contributed by atoms with Gasteiger partial charge in [-0.1, -0.05) is 12.8 Å². The highest BCUT2D eigenvalue weighted by atomic mass is 19.4. The lowest BCUT2D eigenvalue weighted by atomic mass is 9.92. The summed E-state index contributed by atoms with van der Waals surface area (Å²) in [5.74, 6) is -0.625. The minimum Gasteiger partial charge on any atom is -0.391 e. The van der Waals surface area contributed by atoms with Gasteiger partial charge < -0.3 is 15.2 Å². The van der Waals surface area contributed by atoms with Crippen LogP contribution in [-0.2, 0) is 9.53 Å². The third-order valence-corrected chi connectivity index (χ3v) is 2.57. The van der Waals surface area contributed by atoms with Crippen LogP contribution in [0.25, 0.3) is 0 Å². The number of aliphatic hydroxyl groups excluding tert-OH is 1. The average molecular weight is 255 g/mol. The van der Waals surface area contributed by atoms with Gasteiger partial charge in [-0.05, 0) is 12.8 Å². The Hall–Kier alpha value is -0.820. The van der Waals surface area contributed by atoms with Crippen molar-refractivity contribution in [2.75, 3.05) is 13.2 Å². The summed E-state index contributed by atoms with van der Waals surface area (Å²) in [5.41, 5.74) is 0. The predicted molar refractivity (Wildman–Crippen MR) is 53.3 cm³/mol. The van der Waals surface area contributed by atoms with Gasteiger partial charge in [-0.2, -0.15) is 13.2 Å². The lowest BCUT2D eigenvalue weighted by molar-refractivity contribution is -0.176. The number of amides is 1. The highest BCUT2D eigenvalue weighted by molar-refractivity contribution is 5.77. The molecule has 2 atom stereocenters. The molecule has 4 nitrogen and oxygen atoms in total. The van der Waals surface area contributed by atoms with Crippen LogP contribution in [0.5, 0.6) is 0 Å². The molecule has 0 aromatic carbocycles. The molecule has 1 saturated carbocycles. The highest BCUT2D eigenvalue weighted by Gasteiger charge is 2.28. The van der Waals surface area contributed by atoms with E-state index >= 15 is 0 Å². The summed E-state index contributed by atoms with van der Waals surface area (Å²) < 4.78 is 39.4. The minimum atomic E-state index is -4.43. The van der Waals surface area contributed by atoms with E-state index in [-0.39, 0.29) is 6.04 Å². The molecule has 1 fully saturated rings. The first-order valence-corrected chi connectivity index (χ1v) is 5.50. The molecule has 0 saturated heterocycles. The summed E-state index contributed by atoms with van der Waals surface area (Å²) in [6.45, 7) is -2.07. The molecule has 2 N–H and O–H groups in total. The van der Waals surface area contributed by atoms with E-state index in [9.17, 15) is 23.1 Å². The topological polar surface area (TPSA) is 58.6 Å². The van der Waals surface area contributed by atoms with Crippen molar-refractivity contribution in [1.82, 2.24) is 5.32 Å². The second kappa shape index (κ2) is 6.20. The number of aliphatic hydroxyl groups is 1. The van der Waals surface area contributed by atoms with Crippen molar-refractivity contribution in [3.05, 3.63) is 0 Å². The van der Waals surface area contributed by atoms with Crippen molar-refractivity contribution in [3.63, 3.8) is 0 Å². The quantitative estimate of drug-likeness (QED) is 0.787. The van der Waals surface area contributed by atoms with Crippen LogP contribution in [0.1, 0.15) is 25.7 Å². The molecule has 0 aromatic heterocycles. The fourth-order valence-electron chi connectivity index (χ4n) is 1.79. The first-order chi connectivity index (χ1) is 7.88. The Morgan fingerprint density at radius 2 is 2.00 bits per heavy atom. The van der Waals surface area contributed by atoms with E-state index in [1.165, 1.54) is 0 Å². The van der Waals surface area contributed by atoms with Crippen LogP contribution in [0.3, 0.4) is 0 Å². The van der Waals surface area contributed by atoms with Crippen LogP contribution in [0.15, 0.2) is 0 Å². The van der Waals surface area contributed by atoms with Crippen LogP contribution in [0, 0.1) is 0 Å². The summed E-state index contributed by atoms with van der Waals surface area (Å²) in [7, 11) is 0. The molecular formula is C10H16F3NO3. The molecule has 1 amide bonds. The average Bonchev–Trinajstić information content (AvgIpc) is 2.19. The van der Waals surface area contributed by atoms with Crippen molar-refractivity contribution in [2.24, 2.45) is 0 Å². The number of carbonyl (C=O) groups is 1. The van der Waals surface area contributed by atoms with Gasteiger partial charge in [0.15, 0.2) is 0 Å². The number of nitrogens with one attached hydrogen (secondary N) is 1. The maximum absolute atomic E-state index is 11.7. The van der Waals surface area contributed by atoms with Gasteiger partial charge in [-0.25, -0.2) is 0 Å². The van der Waals surface area contributed by atoms with E-state index in [0.717, 1.165) is 12.8 Å². The first kappa shape index (κ1) is 14.2. The lowest BCUT2D eigenvalue weighted by Gasteiger charge is -2.28. The second-order valence-corrected chi connectivity index (χ2v) is 4.13. The largest absolute Gasteiger partial charge is 0.411 e. The van der Waals surface area contributed by atoms with Gasteiger partial charge in [0.05, 0.1) is 12.1 Å². The Morgan fingerprint density at radius 3 is 2.59 bits per heavy atom. The molecule has 0 bridgehead atoms. The molecule has 17 heavy (non-hydrogen) atoms. The molecule has 0 radical (unpaired) electrons. The van der Waals surface area contributed by atoms with E-state index in [1.807, 2.05) is 0 Å². The second-order valence-electron chi connectivity index (χ2n) is 4.13. The molecular weight excluding hydrogens is 239 g/mol. The lowest BCUT2D eigenvalue weighted by Crippen LogP contribution is -2.46. The summed E-state index contributed by atoms with van der Waals surface area (Å²) in [5, 5.41) is 12.0. The van der Waals surface area contributed by atoms with Gasteiger partial charge in [0.2, 0.25) is 5.91 Å².